The third-order valence-electron chi connectivity index (χ3n) is 3.00. The molecule has 4 heteroatoms. The molecule has 0 amide bonds. The summed E-state index contributed by atoms with van der Waals surface area (Å²) in [7, 11) is 1.32. The molecule has 108 valence electrons. The Hall–Kier alpha value is -2.62. The summed E-state index contributed by atoms with van der Waals surface area (Å²) in [6.45, 7) is 0.500. The van der Waals surface area contributed by atoms with Crippen LogP contribution in [0.1, 0.15) is 17.5 Å². The average molecular weight is 283 g/mol. The van der Waals surface area contributed by atoms with Crippen molar-refractivity contribution in [1.82, 2.24) is 0 Å². The van der Waals surface area contributed by atoms with Gasteiger partial charge in [0.2, 0.25) is 0 Å². The summed E-state index contributed by atoms with van der Waals surface area (Å²) in [4.78, 5) is 11.1. The van der Waals surface area contributed by atoms with Gasteiger partial charge in [-0.15, -0.1) is 0 Å². The Bertz CT molecular complexity index is 606. The van der Waals surface area contributed by atoms with Gasteiger partial charge in [0.25, 0.3) is 0 Å². The van der Waals surface area contributed by atoms with Crippen LogP contribution < -0.4 is 4.74 Å². The quantitative estimate of drug-likeness (QED) is 0.654. The van der Waals surface area contributed by atoms with Crippen LogP contribution in [-0.2, 0) is 16.1 Å². The van der Waals surface area contributed by atoms with Gasteiger partial charge in [-0.3, -0.25) is 4.79 Å². The number of benzene rings is 2. The molecule has 0 aromatic heterocycles. The van der Waals surface area contributed by atoms with Crippen molar-refractivity contribution in [3.05, 3.63) is 65.7 Å². The van der Waals surface area contributed by atoms with E-state index in [0.29, 0.717) is 12.2 Å². The van der Waals surface area contributed by atoms with Crippen molar-refractivity contribution in [3.63, 3.8) is 0 Å². The van der Waals surface area contributed by atoms with E-state index in [4.69, 9.17) is 10.1 Å². The van der Waals surface area contributed by atoms with Gasteiger partial charge < -0.3 is 14.9 Å². The van der Waals surface area contributed by atoms with E-state index < -0.39 is 5.97 Å². The van der Waals surface area contributed by atoms with Gasteiger partial charge in [0, 0.05) is 5.71 Å². The fourth-order valence-corrected chi connectivity index (χ4v) is 1.81. The van der Waals surface area contributed by atoms with E-state index in [-0.39, 0.29) is 12.1 Å². The maximum atomic E-state index is 11.1. The molecular weight excluding hydrogens is 266 g/mol. The monoisotopic (exact) mass is 283 g/mol. The smallest absolute Gasteiger partial charge is 0.311 e. The highest BCUT2D eigenvalue weighted by molar-refractivity contribution is 6.07. The van der Waals surface area contributed by atoms with Crippen LogP contribution >= 0.6 is 0 Å². The second-order valence-corrected chi connectivity index (χ2v) is 4.53. The molecule has 21 heavy (non-hydrogen) atoms. The van der Waals surface area contributed by atoms with Crippen molar-refractivity contribution in [1.29, 1.82) is 5.41 Å². The molecule has 4 nitrogen and oxygen atoms in total. The Morgan fingerprint density at radius 2 is 1.71 bits per heavy atom. The van der Waals surface area contributed by atoms with Gasteiger partial charge in [-0.25, -0.2) is 0 Å². The van der Waals surface area contributed by atoms with Gasteiger partial charge in [0.15, 0.2) is 0 Å². The molecular formula is C17H17NO3. The minimum absolute atomic E-state index is 0.0271. The first-order chi connectivity index (χ1) is 10.2. The summed E-state index contributed by atoms with van der Waals surface area (Å²) in [5, 5.41) is 7.83. The van der Waals surface area contributed by atoms with Gasteiger partial charge in [0.1, 0.15) is 12.4 Å². The van der Waals surface area contributed by atoms with E-state index in [1.807, 2.05) is 30.3 Å². The van der Waals surface area contributed by atoms with Crippen LogP contribution in [0.3, 0.4) is 0 Å². The van der Waals surface area contributed by atoms with Crippen molar-refractivity contribution < 1.29 is 14.3 Å². The molecule has 0 heterocycles. The molecule has 0 radical (unpaired) electrons. The topological polar surface area (TPSA) is 59.4 Å². The second kappa shape index (κ2) is 7.24. The molecule has 1 N–H and O–H groups in total. The Labute approximate surface area is 123 Å². The standard InChI is InChI=1S/C17H17NO3/c1-20-17(19)11-16(18)14-7-9-15(10-8-14)21-12-13-5-3-2-4-6-13/h2-10,18H,11-12H2,1H3. The number of ether oxygens (including phenoxy) is 2. The fraction of sp³-hybridized carbons (Fsp3) is 0.176. The van der Waals surface area contributed by atoms with Gasteiger partial charge in [0.05, 0.1) is 13.5 Å². The number of rotatable bonds is 6. The summed E-state index contributed by atoms with van der Waals surface area (Å²) in [6.07, 6.45) is -0.0271. The number of hydrogen-bond acceptors (Lipinski definition) is 4. The summed E-state index contributed by atoms with van der Waals surface area (Å²) >= 11 is 0. The molecule has 0 fully saturated rings. The molecule has 0 saturated heterocycles. The van der Waals surface area contributed by atoms with Crippen LogP contribution in [0, 0.1) is 5.41 Å². The van der Waals surface area contributed by atoms with Crippen molar-refractivity contribution in [2.24, 2.45) is 0 Å². The molecule has 0 saturated carbocycles. The largest absolute Gasteiger partial charge is 0.489 e. The number of methoxy groups -OCH3 is 1. The summed E-state index contributed by atoms with van der Waals surface area (Å²) in [5.41, 5.74) is 2.02. The third kappa shape index (κ3) is 4.45. The molecule has 0 spiro atoms. The molecule has 0 atom stereocenters. The van der Waals surface area contributed by atoms with Crippen LogP contribution in [0.5, 0.6) is 5.75 Å². The highest BCUT2D eigenvalue weighted by Crippen LogP contribution is 2.15. The number of carbonyl (C=O) groups excluding carboxylic acids is 1. The number of nitrogens with one attached hydrogen (secondary N) is 1. The predicted molar refractivity (Wildman–Crippen MR) is 80.7 cm³/mol. The first-order valence-electron chi connectivity index (χ1n) is 6.60. The third-order valence-corrected chi connectivity index (χ3v) is 3.00. The lowest BCUT2D eigenvalue weighted by atomic mass is 10.1. The van der Waals surface area contributed by atoms with Crippen molar-refractivity contribution in [2.45, 2.75) is 13.0 Å². The molecule has 2 aromatic carbocycles. The van der Waals surface area contributed by atoms with Crippen LogP contribution in [0.4, 0.5) is 0 Å². The Kier molecular flexibility index (Phi) is 5.10. The van der Waals surface area contributed by atoms with Crippen LogP contribution in [0.15, 0.2) is 54.6 Å². The highest BCUT2D eigenvalue weighted by atomic mass is 16.5. The Morgan fingerprint density at radius 3 is 2.33 bits per heavy atom. The lowest BCUT2D eigenvalue weighted by Crippen LogP contribution is -2.09. The van der Waals surface area contributed by atoms with Gasteiger partial charge in [-0.1, -0.05) is 30.3 Å². The molecule has 2 aromatic rings. The molecule has 0 aliphatic rings. The van der Waals surface area contributed by atoms with Crippen molar-refractivity contribution >= 4 is 11.7 Å². The molecule has 0 unspecified atom stereocenters. The predicted octanol–water partition coefficient (Wildman–Crippen LogP) is 3.20. The Balaban J connectivity index is 1.93. The second-order valence-electron chi connectivity index (χ2n) is 4.53. The first-order valence-corrected chi connectivity index (χ1v) is 6.60. The van der Waals surface area contributed by atoms with Crippen LogP contribution in [-0.4, -0.2) is 18.8 Å². The van der Waals surface area contributed by atoms with E-state index in [1.54, 1.807) is 24.3 Å². The zero-order valence-electron chi connectivity index (χ0n) is 11.8. The molecule has 0 aliphatic heterocycles. The maximum absolute atomic E-state index is 11.1. The summed E-state index contributed by atoms with van der Waals surface area (Å²) < 4.78 is 10.2. The maximum Gasteiger partial charge on any atom is 0.311 e. The SMILES string of the molecule is COC(=O)CC(=N)c1ccc(OCc2ccccc2)cc1. The normalized spacial score (nSPS) is 9.95. The highest BCUT2D eigenvalue weighted by Gasteiger charge is 2.08. The van der Waals surface area contributed by atoms with E-state index in [0.717, 1.165) is 11.3 Å². The number of carbonyl (C=O) groups is 1. The van der Waals surface area contributed by atoms with E-state index in [1.165, 1.54) is 7.11 Å². The lowest BCUT2D eigenvalue weighted by molar-refractivity contribution is -0.139. The molecule has 0 bridgehead atoms. The minimum atomic E-state index is -0.413. The number of esters is 1. The fourth-order valence-electron chi connectivity index (χ4n) is 1.81. The van der Waals surface area contributed by atoms with Crippen molar-refractivity contribution in [3.8, 4) is 5.75 Å². The lowest BCUT2D eigenvalue weighted by Gasteiger charge is -2.08. The first kappa shape index (κ1) is 14.8. The minimum Gasteiger partial charge on any atom is -0.489 e. The van der Waals surface area contributed by atoms with E-state index in [9.17, 15) is 4.79 Å². The Morgan fingerprint density at radius 1 is 1.05 bits per heavy atom. The van der Waals surface area contributed by atoms with Gasteiger partial charge in [-0.05, 0) is 35.4 Å². The van der Waals surface area contributed by atoms with E-state index in [2.05, 4.69) is 4.74 Å². The van der Waals surface area contributed by atoms with Crippen LogP contribution in [0.25, 0.3) is 0 Å². The molecule has 2 rings (SSSR count). The van der Waals surface area contributed by atoms with Gasteiger partial charge in [-0.2, -0.15) is 0 Å². The van der Waals surface area contributed by atoms with Crippen molar-refractivity contribution in [2.75, 3.05) is 7.11 Å². The summed E-state index contributed by atoms with van der Waals surface area (Å²) in [5.74, 6) is 0.317. The van der Waals surface area contributed by atoms with Crippen LogP contribution in [0.2, 0.25) is 0 Å². The van der Waals surface area contributed by atoms with Gasteiger partial charge >= 0.3 is 5.97 Å². The summed E-state index contributed by atoms with van der Waals surface area (Å²) in [6, 6.07) is 17.0. The average Bonchev–Trinajstić information content (AvgIpc) is 2.54. The van der Waals surface area contributed by atoms with E-state index >= 15 is 0 Å². The zero-order chi connectivity index (χ0) is 15.1. The zero-order valence-corrected chi connectivity index (χ0v) is 11.8. The molecule has 0 aliphatic carbocycles. The number of hydrogen-bond donors (Lipinski definition) is 1.